The number of benzene rings is 2. The number of methoxy groups -OCH3 is 2. The molecule has 2 aromatic carbocycles. The Bertz CT molecular complexity index is 961. The highest BCUT2D eigenvalue weighted by Gasteiger charge is 2.11. The molecule has 0 unspecified atom stereocenters. The van der Waals surface area contributed by atoms with Gasteiger partial charge in [0, 0.05) is 11.3 Å². The number of carbonyl (C=O) groups is 1. The van der Waals surface area contributed by atoms with Gasteiger partial charge in [-0.3, -0.25) is 4.79 Å². The number of anilines is 1. The summed E-state index contributed by atoms with van der Waals surface area (Å²) in [6.45, 7) is 1.98. The van der Waals surface area contributed by atoms with Crippen LogP contribution in [0.3, 0.4) is 0 Å². The second-order valence-corrected chi connectivity index (χ2v) is 7.02. The molecule has 0 spiro atoms. The zero-order chi connectivity index (χ0) is 19.9. The van der Waals surface area contributed by atoms with Crippen LogP contribution < -0.4 is 14.8 Å². The molecule has 3 rings (SSSR count). The van der Waals surface area contributed by atoms with Gasteiger partial charge in [0.15, 0.2) is 0 Å². The lowest BCUT2D eigenvalue weighted by Gasteiger charge is -2.10. The predicted octanol–water partition coefficient (Wildman–Crippen LogP) is 4.20. The van der Waals surface area contributed by atoms with E-state index in [0.29, 0.717) is 22.2 Å². The molecule has 0 aliphatic heterocycles. The van der Waals surface area contributed by atoms with Crippen LogP contribution in [0.2, 0.25) is 0 Å². The number of hydrogen-bond donors (Lipinski definition) is 1. The zero-order valence-corrected chi connectivity index (χ0v) is 16.7. The van der Waals surface area contributed by atoms with E-state index in [0.717, 1.165) is 16.8 Å². The number of hydrogen-bond acceptors (Lipinski definition) is 6. The third kappa shape index (κ3) is 5.01. The van der Waals surface area contributed by atoms with Crippen LogP contribution >= 0.6 is 11.8 Å². The quantitative estimate of drug-likeness (QED) is 0.605. The maximum Gasteiger partial charge on any atom is 0.234 e. The molecule has 1 heterocycles. The van der Waals surface area contributed by atoms with Gasteiger partial charge < -0.3 is 14.8 Å². The summed E-state index contributed by atoms with van der Waals surface area (Å²) in [5.41, 5.74) is 3.35. The number of aromatic nitrogens is 2. The van der Waals surface area contributed by atoms with E-state index in [2.05, 4.69) is 15.5 Å². The van der Waals surface area contributed by atoms with E-state index in [-0.39, 0.29) is 11.7 Å². The molecule has 1 aromatic heterocycles. The largest absolute Gasteiger partial charge is 0.497 e. The van der Waals surface area contributed by atoms with E-state index >= 15 is 0 Å². The maximum absolute atomic E-state index is 12.1. The number of amides is 1. The molecule has 144 valence electrons. The van der Waals surface area contributed by atoms with Crippen LogP contribution in [0.4, 0.5) is 5.69 Å². The molecule has 0 fully saturated rings. The topological polar surface area (TPSA) is 73.3 Å². The molecular formula is C21H21N3O3S. The average molecular weight is 395 g/mol. The van der Waals surface area contributed by atoms with Crippen LogP contribution in [0, 0.1) is 6.92 Å². The van der Waals surface area contributed by atoms with E-state index in [1.807, 2.05) is 61.5 Å². The summed E-state index contributed by atoms with van der Waals surface area (Å²) in [5.74, 6) is 1.57. The van der Waals surface area contributed by atoms with Crippen molar-refractivity contribution in [2.24, 2.45) is 0 Å². The summed E-state index contributed by atoms with van der Waals surface area (Å²) in [7, 11) is 3.22. The van der Waals surface area contributed by atoms with Crippen LogP contribution in [-0.4, -0.2) is 36.1 Å². The molecule has 28 heavy (non-hydrogen) atoms. The number of rotatable bonds is 7. The molecule has 3 aromatic rings. The Morgan fingerprint density at radius 2 is 1.89 bits per heavy atom. The lowest BCUT2D eigenvalue weighted by atomic mass is 10.1. The predicted molar refractivity (Wildman–Crippen MR) is 111 cm³/mol. The highest BCUT2D eigenvalue weighted by Crippen LogP contribution is 2.32. The van der Waals surface area contributed by atoms with Crippen LogP contribution in [0.5, 0.6) is 11.5 Å². The second-order valence-electron chi connectivity index (χ2n) is 6.03. The third-order valence-electron chi connectivity index (χ3n) is 3.98. The van der Waals surface area contributed by atoms with Gasteiger partial charge in [0.25, 0.3) is 0 Å². The summed E-state index contributed by atoms with van der Waals surface area (Å²) < 4.78 is 10.7. The molecule has 1 N–H and O–H groups in total. The van der Waals surface area contributed by atoms with Gasteiger partial charge in [0.1, 0.15) is 16.5 Å². The van der Waals surface area contributed by atoms with Crippen LogP contribution in [0.15, 0.2) is 59.6 Å². The SMILES string of the molecule is COc1ccc(OC)c(-c2ccc(SCC(=O)Nc3cccc(C)c3)nn2)c1. The van der Waals surface area contributed by atoms with Crippen molar-refractivity contribution in [3.8, 4) is 22.8 Å². The van der Waals surface area contributed by atoms with Crippen molar-refractivity contribution in [3.05, 3.63) is 60.2 Å². The van der Waals surface area contributed by atoms with Crippen molar-refractivity contribution in [1.82, 2.24) is 10.2 Å². The lowest BCUT2D eigenvalue weighted by Crippen LogP contribution is -2.14. The first-order valence-electron chi connectivity index (χ1n) is 8.64. The molecule has 0 bridgehead atoms. The Morgan fingerprint density at radius 3 is 2.57 bits per heavy atom. The summed E-state index contributed by atoms with van der Waals surface area (Å²) in [4.78, 5) is 12.1. The van der Waals surface area contributed by atoms with Gasteiger partial charge in [-0.25, -0.2) is 0 Å². The molecule has 0 saturated heterocycles. The molecule has 0 atom stereocenters. The molecule has 1 amide bonds. The van der Waals surface area contributed by atoms with Crippen molar-refractivity contribution < 1.29 is 14.3 Å². The van der Waals surface area contributed by atoms with Gasteiger partial charge in [-0.2, -0.15) is 0 Å². The minimum absolute atomic E-state index is 0.0871. The second kappa shape index (κ2) is 9.23. The third-order valence-corrected chi connectivity index (χ3v) is 4.90. The van der Waals surface area contributed by atoms with Gasteiger partial charge >= 0.3 is 0 Å². The Kier molecular flexibility index (Phi) is 6.49. The van der Waals surface area contributed by atoms with E-state index in [9.17, 15) is 4.79 Å². The Hall–Kier alpha value is -3.06. The monoisotopic (exact) mass is 395 g/mol. The van der Waals surface area contributed by atoms with Gasteiger partial charge in [-0.15, -0.1) is 10.2 Å². The van der Waals surface area contributed by atoms with Crippen LogP contribution in [-0.2, 0) is 4.79 Å². The maximum atomic E-state index is 12.1. The van der Waals surface area contributed by atoms with Gasteiger partial charge in [0.2, 0.25) is 5.91 Å². The van der Waals surface area contributed by atoms with Gasteiger partial charge in [-0.1, -0.05) is 23.9 Å². The fourth-order valence-electron chi connectivity index (χ4n) is 2.61. The Morgan fingerprint density at radius 1 is 1.04 bits per heavy atom. The molecular weight excluding hydrogens is 374 g/mol. The van der Waals surface area contributed by atoms with Crippen molar-refractivity contribution >= 4 is 23.4 Å². The number of nitrogens with zero attached hydrogens (tertiary/aromatic N) is 2. The minimum Gasteiger partial charge on any atom is -0.497 e. The molecule has 0 radical (unpaired) electrons. The van der Waals surface area contributed by atoms with E-state index in [1.54, 1.807) is 14.2 Å². The molecule has 0 aliphatic rings. The van der Waals surface area contributed by atoms with Gasteiger partial charge in [-0.05, 0) is 55.0 Å². The van der Waals surface area contributed by atoms with Crippen molar-refractivity contribution in [2.45, 2.75) is 11.9 Å². The highest BCUT2D eigenvalue weighted by atomic mass is 32.2. The van der Waals surface area contributed by atoms with Crippen molar-refractivity contribution in [1.29, 1.82) is 0 Å². The first kappa shape index (κ1) is 19.7. The summed E-state index contributed by atoms with van der Waals surface area (Å²) >= 11 is 1.33. The Labute approximate surface area is 168 Å². The van der Waals surface area contributed by atoms with E-state index in [1.165, 1.54) is 11.8 Å². The Balaban J connectivity index is 1.64. The standard InChI is InChI=1S/C21H21N3O3S/c1-14-5-4-6-15(11-14)22-20(25)13-28-21-10-8-18(23-24-21)17-12-16(26-2)7-9-19(17)27-3/h4-12H,13H2,1-3H3,(H,22,25). The normalized spacial score (nSPS) is 10.4. The van der Waals surface area contributed by atoms with E-state index < -0.39 is 0 Å². The first-order chi connectivity index (χ1) is 13.6. The summed E-state index contributed by atoms with van der Waals surface area (Å²) in [5, 5.41) is 12.0. The van der Waals surface area contributed by atoms with E-state index in [4.69, 9.17) is 9.47 Å². The summed E-state index contributed by atoms with van der Waals surface area (Å²) in [6.07, 6.45) is 0. The molecule has 7 heteroatoms. The smallest absolute Gasteiger partial charge is 0.234 e. The first-order valence-corrected chi connectivity index (χ1v) is 9.63. The van der Waals surface area contributed by atoms with Crippen molar-refractivity contribution in [3.63, 3.8) is 0 Å². The number of ether oxygens (including phenoxy) is 2. The molecule has 0 aliphatic carbocycles. The number of thioether (sulfide) groups is 1. The number of aryl methyl sites for hydroxylation is 1. The average Bonchev–Trinajstić information content (AvgIpc) is 2.72. The fourth-order valence-corrected chi connectivity index (χ4v) is 3.23. The minimum atomic E-state index is -0.0871. The van der Waals surface area contributed by atoms with Crippen molar-refractivity contribution in [2.75, 3.05) is 25.3 Å². The number of carbonyl (C=O) groups excluding carboxylic acids is 1. The zero-order valence-electron chi connectivity index (χ0n) is 15.9. The fraction of sp³-hybridized carbons (Fsp3) is 0.190. The van der Waals surface area contributed by atoms with Crippen LogP contribution in [0.25, 0.3) is 11.3 Å². The molecule has 0 saturated carbocycles. The summed E-state index contributed by atoms with van der Waals surface area (Å²) in [6, 6.07) is 16.9. The molecule has 6 nitrogen and oxygen atoms in total. The van der Waals surface area contributed by atoms with Crippen LogP contribution in [0.1, 0.15) is 5.56 Å². The number of nitrogens with one attached hydrogen (secondary N) is 1. The van der Waals surface area contributed by atoms with Gasteiger partial charge in [0.05, 0.1) is 25.7 Å². The highest BCUT2D eigenvalue weighted by molar-refractivity contribution is 7.99. The lowest BCUT2D eigenvalue weighted by molar-refractivity contribution is -0.113.